The molecule has 0 aliphatic rings. The van der Waals surface area contributed by atoms with E-state index >= 15 is 0 Å². The summed E-state index contributed by atoms with van der Waals surface area (Å²) in [5, 5.41) is 16.7. The predicted octanol–water partition coefficient (Wildman–Crippen LogP) is 4.64. The largest absolute Gasteiger partial charge is 0.507 e. The van der Waals surface area contributed by atoms with Crippen LogP contribution in [0.5, 0.6) is 5.75 Å². The van der Waals surface area contributed by atoms with Gasteiger partial charge in [0.15, 0.2) is 6.29 Å². The third-order valence-electron chi connectivity index (χ3n) is 2.59. The number of halogens is 3. The van der Waals surface area contributed by atoms with Crippen molar-refractivity contribution in [2.75, 3.05) is 0 Å². The van der Waals surface area contributed by atoms with E-state index in [1.807, 2.05) is 0 Å². The maximum absolute atomic E-state index is 12.5. The van der Waals surface area contributed by atoms with E-state index in [0.717, 1.165) is 12.1 Å². The number of phenols is 1. The molecule has 0 aromatic heterocycles. The highest BCUT2D eigenvalue weighted by atomic mass is 19.4. The van der Waals surface area contributed by atoms with Crippen LogP contribution in [0.15, 0.2) is 52.7 Å². The number of nitrogens with zero attached hydrogens (tertiary/aromatic N) is 2. The Bertz CT molecular complexity index is 697. The molecule has 0 radical (unpaired) electrons. The first kappa shape index (κ1) is 14.7. The van der Waals surface area contributed by atoms with Gasteiger partial charge in [-0.25, -0.2) is 0 Å². The Labute approximate surface area is 117 Å². The van der Waals surface area contributed by atoms with Crippen molar-refractivity contribution in [3.63, 3.8) is 0 Å². The average Bonchev–Trinajstić information content (AvgIpc) is 2.46. The van der Waals surface area contributed by atoms with Crippen LogP contribution in [0.1, 0.15) is 15.9 Å². The van der Waals surface area contributed by atoms with Gasteiger partial charge in [0.1, 0.15) is 5.75 Å². The summed E-state index contributed by atoms with van der Waals surface area (Å²) in [4.78, 5) is 10.7. The van der Waals surface area contributed by atoms with Crippen LogP contribution in [-0.2, 0) is 6.18 Å². The number of aldehydes is 1. The molecule has 21 heavy (non-hydrogen) atoms. The number of rotatable bonds is 3. The number of hydrogen-bond acceptors (Lipinski definition) is 4. The van der Waals surface area contributed by atoms with Gasteiger partial charge in [-0.1, -0.05) is 6.07 Å². The smallest absolute Gasteiger partial charge is 0.416 e. The third kappa shape index (κ3) is 3.65. The average molecular weight is 294 g/mol. The van der Waals surface area contributed by atoms with Gasteiger partial charge >= 0.3 is 6.18 Å². The lowest BCUT2D eigenvalue weighted by Crippen LogP contribution is -2.03. The highest BCUT2D eigenvalue weighted by molar-refractivity contribution is 5.80. The van der Waals surface area contributed by atoms with E-state index in [0.29, 0.717) is 6.29 Å². The lowest BCUT2D eigenvalue weighted by atomic mass is 10.2. The predicted molar refractivity (Wildman–Crippen MR) is 69.1 cm³/mol. The van der Waals surface area contributed by atoms with E-state index in [4.69, 9.17) is 0 Å². The maximum Gasteiger partial charge on any atom is 0.416 e. The lowest BCUT2D eigenvalue weighted by Gasteiger charge is -2.05. The molecular formula is C14H9F3N2O2. The molecule has 0 spiro atoms. The Hall–Kier alpha value is -2.70. The van der Waals surface area contributed by atoms with Crippen LogP contribution in [0, 0.1) is 0 Å². The normalized spacial score (nSPS) is 11.8. The van der Waals surface area contributed by atoms with Gasteiger partial charge < -0.3 is 5.11 Å². The van der Waals surface area contributed by atoms with Gasteiger partial charge in [0.25, 0.3) is 0 Å². The summed E-state index contributed by atoms with van der Waals surface area (Å²) in [6, 6.07) is 8.32. The van der Waals surface area contributed by atoms with Crippen molar-refractivity contribution < 1.29 is 23.1 Å². The molecule has 1 N–H and O–H groups in total. The molecule has 2 aromatic rings. The molecule has 0 fully saturated rings. The molecule has 0 unspecified atom stereocenters. The molecular weight excluding hydrogens is 285 g/mol. The Morgan fingerprint density at radius 1 is 1.00 bits per heavy atom. The number of carbonyl (C=O) groups excluding carboxylic acids is 1. The van der Waals surface area contributed by atoms with E-state index in [2.05, 4.69) is 10.2 Å². The minimum Gasteiger partial charge on any atom is -0.507 e. The maximum atomic E-state index is 12.5. The second-order valence-electron chi connectivity index (χ2n) is 4.11. The molecule has 4 nitrogen and oxygen atoms in total. The van der Waals surface area contributed by atoms with Gasteiger partial charge in [0, 0.05) is 0 Å². The first-order chi connectivity index (χ1) is 9.90. The van der Waals surface area contributed by atoms with Crippen molar-refractivity contribution >= 4 is 17.7 Å². The Balaban J connectivity index is 2.27. The first-order valence-electron chi connectivity index (χ1n) is 5.77. The van der Waals surface area contributed by atoms with Crippen LogP contribution in [0.2, 0.25) is 0 Å². The molecule has 0 amide bonds. The van der Waals surface area contributed by atoms with Gasteiger partial charge in [0.2, 0.25) is 0 Å². The van der Waals surface area contributed by atoms with Crippen LogP contribution in [-0.4, -0.2) is 11.4 Å². The summed E-state index contributed by atoms with van der Waals surface area (Å²) in [5.74, 6) is -0.206. The topological polar surface area (TPSA) is 62.0 Å². The third-order valence-corrected chi connectivity index (χ3v) is 2.59. The fraction of sp³-hybridized carbons (Fsp3) is 0.0714. The summed E-state index contributed by atoms with van der Waals surface area (Å²) in [6.45, 7) is 0. The molecule has 0 saturated carbocycles. The van der Waals surface area contributed by atoms with Crippen LogP contribution in [0.3, 0.4) is 0 Å². The van der Waals surface area contributed by atoms with E-state index in [9.17, 15) is 23.1 Å². The summed E-state index contributed by atoms with van der Waals surface area (Å²) in [5.41, 5.74) is -0.522. The summed E-state index contributed by atoms with van der Waals surface area (Å²) >= 11 is 0. The number of aromatic hydroxyl groups is 1. The molecule has 108 valence electrons. The molecule has 0 aliphatic carbocycles. The SMILES string of the molecule is O=Cc1cc(N=Nc2cccc(C(F)(F)F)c2)ccc1O. The quantitative estimate of drug-likeness (QED) is 0.662. The molecule has 0 atom stereocenters. The summed E-state index contributed by atoms with van der Waals surface area (Å²) in [7, 11) is 0. The van der Waals surface area contributed by atoms with Crippen molar-refractivity contribution in [2.45, 2.75) is 6.18 Å². The Kier molecular flexibility index (Phi) is 4.02. The fourth-order valence-corrected chi connectivity index (χ4v) is 1.56. The van der Waals surface area contributed by atoms with Crippen molar-refractivity contribution in [1.29, 1.82) is 0 Å². The second kappa shape index (κ2) is 5.74. The number of phenolic OH excluding ortho intramolecular Hbond substituents is 1. The number of benzene rings is 2. The van der Waals surface area contributed by atoms with Crippen LogP contribution in [0.25, 0.3) is 0 Å². The Morgan fingerprint density at radius 3 is 2.29 bits per heavy atom. The molecule has 0 bridgehead atoms. The van der Waals surface area contributed by atoms with Gasteiger partial charge in [0.05, 0.1) is 22.5 Å². The highest BCUT2D eigenvalue weighted by Gasteiger charge is 2.30. The Morgan fingerprint density at radius 2 is 1.67 bits per heavy atom. The summed E-state index contributed by atoms with van der Waals surface area (Å²) < 4.78 is 37.6. The first-order valence-corrected chi connectivity index (χ1v) is 5.77. The minimum absolute atomic E-state index is 0.0236. The number of alkyl halides is 3. The highest BCUT2D eigenvalue weighted by Crippen LogP contribution is 2.32. The van der Waals surface area contributed by atoms with Gasteiger partial charge in [-0.15, -0.1) is 0 Å². The zero-order valence-corrected chi connectivity index (χ0v) is 10.5. The van der Waals surface area contributed by atoms with Crippen LogP contribution in [0.4, 0.5) is 24.5 Å². The zero-order valence-electron chi connectivity index (χ0n) is 10.5. The summed E-state index contributed by atoms with van der Waals surface area (Å²) in [6.07, 6.45) is -4.01. The van der Waals surface area contributed by atoms with Gasteiger partial charge in [-0.2, -0.15) is 23.4 Å². The molecule has 7 heteroatoms. The fourth-order valence-electron chi connectivity index (χ4n) is 1.56. The zero-order chi connectivity index (χ0) is 15.5. The van der Waals surface area contributed by atoms with Crippen molar-refractivity contribution in [2.24, 2.45) is 10.2 Å². The standard InChI is InChI=1S/C14H9F3N2O2/c15-14(16,17)10-2-1-3-11(7-10)18-19-12-4-5-13(21)9(6-12)8-20/h1-8,21H. The molecule has 2 rings (SSSR count). The lowest BCUT2D eigenvalue weighted by molar-refractivity contribution is -0.137. The van der Waals surface area contributed by atoms with Crippen molar-refractivity contribution in [3.8, 4) is 5.75 Å². The van der Waals surface area contributed by atoms with Gasteiger partial charge in [-0.3, -0.25) is 4.79 Å². The monoisotopic (exact) mass is 294 g/mol. The molecule has 0 saturated heterocycles. The van der Waals surface area contributed by atoms with E-state index in [1.54, 1.807) is 0 Å². The van der Waals surface area contributed by atoms with E-state index in [1.165, 1.54) is 30.3 Å². The number of hydrogen-bond donors (Lipinski definition) is 1. The number of azo groups is 1. The molecule has 0 heterocycles. The molecule has 0 aliphatic heterocycles. The van der Waals surface area contributed by atoms with Crippen LogP contribution < -0.4 is 0 Å². The molecule has 2 aromatic carbocycles. The minimum atomic E-state index is -4.45. The number of carbonyl (C=O) groups is 1. The van der Waals surface area contributed by atoms with Crippen molar-refractivity contribution in [1.82, 2.24) is 0 Å². The van der Waals surface area contributed by atoms with Crippen LogP contribution >= 0.6 is 0 Å². The van der Waals surface area contributed by atoms with Gasteiger partial charge in [-0.05, 0) is 36.4 Å². The van der Waals surface area contributed by atoms with E-state index < -0.39 is 11.7 Å². The van der Waals surface area contributed by atoms with Crippen molar-refractivity contribution in [3.05, 3.63) is 53.6 Å². The second-order valence-corrected chi connectivity index (χ2v) is 4.11. The van der Waals surface area contributed by atoms with E-state index in [-0.39, 0.29) is 22.7 Å².